The first kappa shape index (κ1) is 13.9. The quantitative estimate of drug-likeness (QED) is 0.863. The van der Waals surface area contributed by atoms with Gasteiger partial charge in [-0.1, -0.05) is 0 Å². The topological polar surface area (TPSA) is 92.2 Å². The van der Waals surface area contributed by atoms with Gasteiger partial charge in [-0.15, -0.1) is 0 Å². The van der Waals surface area contributed by atoms with Gasteiger partial charge in [-0.2, -0.15) is 0 Å². The maximum Gasteiger partial charge on any atom is 0.303 e. The lowest BCUT2D eigenvalue weighted by atomic mass is 10.1. The molecule has 2 N–H and O–H groups in total. The van der Waals surface area contributed by atoms with Gasteiger partial charge >= 0.3 is 5.97 Å². The summed E-state index contributed by atoms with van der Waals surface area (Å²) >= 11 is 0. The third-order valence-corrected chi connectivity index (χ3v) is 2.90. The van der Waals surface area contributed by atoms with Gasteiger partial charge in [0.15, 0.2) is 0 Å². The highest BCUT2D eigenvalue weighted by atomic mass is 16.4. The number of aliphatic carboxylic acids is 1. The average Bonchev–Trinajstić information content (AvgIpc) is 2.44. The van der Waals surface area contributed by atoms with E-state index in [1.807, 2.05) is 0 Å². The maximum atomic E-state index is 12.0. The summed E-state index contributed by atoms with van der Waals surface area (Å²) in [5, 5.41) is 11.4. The van der Waals surface area contributed by atoms with Crippen molar-refractivity contribution in [2.45, 2.75) is 25.8 Å². The predicted molar refractivity (Wildman–Crippen MR) is 73.3 cm³/mol. The Morgan fingerprint density at radius 1 is 1.25 bits per heavy atom. The van der Waals surface area contributed by atoms with E-state index in [0.29, 0.717) is 17.5 Å². The van der Waals surface area contributed by atoms with Crippen LogP contribution in [-0.4, -0.2) is 33.0 Å². The predicted octanol–water partition coefficient (Wildman–Crippen LogP) is 1.61. The minimum absolute atomic E-state index is 0.0324. The van der Waals surface area contributed by atoms with Crippen molar-refractivity contribution in [1.82, 2.24) is 15.3 Å². The zero-order valence-electron chi connectivity index (χ0n) is 11.0. The number of aromatic nitrogens is 2. The third kappa shape index (κ3) is 3.50. The zero-order valence-corrected chi connectivity index (χ0v) is 11.0. The van der Waals surface area contributed by atoms with Gasteiger partial charge in [-0.3, -0.25) is 19.6 Å². The van der Waals surface area contributed by atoms with E-state index in [4.69, 9.17) is 5.11 Å². The Balaban J connectivity index is 2.05. The fraction of sp³-hybridized carbons (Fsp3) is 0.286. The van der Waals surface area contributed by atoms with E-state index >= 15 is 0 Å². The van der Waals surface area contributed by atoms with E-state index < -0.39 is 5.97 Å². The molecular weight excluding hydrogens is 258 g/mol. The molecule has 1 heterocycles. The van der Waals surface area contributed by atoms with Gasteiger partial charge in [-0.25, -0.2) is 0 Å². The van der Waals surface area contributed by atoms with Crippen LogP contribution in [0.3, 0.4) is 0 Å². The number of carboxylic acid groups (broad SMARTS) is 1. The number of nitrogens with zero attached hydrogens (tertiary/aromatic N) is 2. The van der Waals surface area contributed by atoms with E-state index in [2.05, 4.69) is 15.3 Å². The summed E-state index contributed by atoms with van der Waals surface area (Å²) in [4.78, 5) is 30.8. The van der Waals surface area contributed by atoms with Crippen molar-refractivity contribution in [2.75, 3.05) is 0 Å². The summed E-state index contributed by atoms with van der Waals surface area (Å²) in [6.07, 6.45) is 3.59. The van der Waals surface area contributed by atoms with Crippen LogP contribution < -0.4 is 5.32 Å². The van der Waals surface area contributed by atoms with Crippen molar-refractivity contribution in [3.8, 4) is 0 Å². The number of benzene rings is 1. The van der Waals surface area contributed by atoms with Crippen LogP contribution in [0, 0.1) is 0 Å². The smallest absolute Gasteiger partial charge is 0.303 e. The van der Waals surface area contributed by atoms with Crippen LogP contribution >= 0.6 is 0 Å². The van der Waals surface area contributed by atoms with E-state index in [1.165, 1.54) is 0 Å². The Bertz CT molecular complexity index is 642. The molecule has 0 saturated heterocycles. The van der Waals surface area contributed by atoms with Crippen molar-refractivity contribution in [1.29, 1.82) is 0 Å². The second-order valence-electron chi connectivity index (χ2n) is 4.57. The molecule has 1 atom stereocenters. The summed E-state index contributed by atoms with van der Waals surface area (Å²) in [7, 11) is 0. The van der Waals surface area contributed by atoms with E-state index in [0.717, 1.165) is 5.52 Å². The van der Waals surface area contributed by atoms with Gasteiger partial charge in [0.25, 0.3) is 5.91 Å². The SMILES string of the molecule is CC(CCC(=O)O)NC(=O)c1ccc2nccnc2c1. The van der Waals surface area contributed by atoms with Crippen LogP contribution in [0.4, 0.5) is 0 Å². The van der Waals surface area contributed by atoms with Crippen molar-refractivity contribution in [2.24, 2.45) is 0 Å². The normalized spacial score (nSPS) is 12.1. The summed E-state index contributed by atoms with van der Waals surface area (Å²) in [5.41, 5.74) is 1.86. The number of carbonyl (C=O) groups excluding carboxylic acids is 1. The molecule has 6 nitrogen and oxygen atoms in total. The maximum absolute atomic E-state index is 12.0. The molecule has 1 unspecified atom stereocenters. The summed E-state index contributed by atoms with van der Waals surface area (Å²) in [5.74, 6) is -1.11. The lowest BCUT2D eigenvalue weighted by Crippen LogP contribution is -2.32. The highest BCUT2D eigenvalue weighted by Crippen LogP contribution is 2.11. The first-order chi connectivity index (χ1) is 9.56. The van der Waals surface area contributed by atoms with Crippen LogP contribution in [0.2, 0.25) is 0 Å². The lowest BCUT2D eigenvalue weighted by molar-refractivity contribution is -0.137. The molecule has 0 fully saturated rings. The molecule has 104 valence electrons. The molecule has 0 aliphatic heterocycles. The molecule has 0 aliphatic carbocycles. The number of carboxylic acids is 1. The molecule has 1 aromatic carbocycles. The Kier molecular flexibility index (Phi) is 4.24. The molecule has 2 rings (SSSR count). The molecule has 0 saturated carbocycles. The molecule has 6 heteroatoms. The fourth-order valence-electron chi connectivity index (χ4n) is 1.82. The molecule has 0 bridgehead atoms. The van der Waals surface area contributed by atoms with Crippen LogP contribution in [0.15, 0.2) is 30.6 Å². The lowest BCUT2D eigenvalue weighted by Gasteiger charge is -2.12. The van der Waals surface area contributed by atoms with Crippen molar-refractivity contribution in [3.05, 3.63) is 36.2 Å². The van der Waals surface area contributed by atoms with E-state index in [9.17, 15) is 9.59 Å². The van der Waals surface area contributed by atoms with Crippen LogP contribution in [0.5, 0.6) is 0 Å². The van der Waals surface area contributed by atoms with Crippen LogP contribution in [-0.2, 0) is 4.79 Å². The van der Waals surface area contributed by atoms with E-state index in [1.54, 1.807) is 37.5 Å². The summed E-state index contributed by atoms with van der Waals surface area (Å²) in [6, 6.07) is 4.88. The molecule has 2 aromatic rings. The minimum atomic E-state index is -0.868. The Morgan fingerprint density at radius 3 is 2.65 bits per heavy atom. The second-order valence-corrected chi connectivity index (χ2v) is 4.57. The third-order valence-electron chi connectivity index (χ3n) is 2.90. The number of hydrogen-bond donors (Lipinski definition) is 2. The summed E-state index contributed by atoms with van der Waals surface area (Å²) in [6.45, 7) is 1.78. The van der Waals surface area contributed by atoms with Gasteiger partial charge in [0, 0.05) is 30.4 Å². The molecular formula is C14H15N3O3. The summed E-state index contributed by atoms with van der Waals surface area (Å²) < 4.78 is 0. The molecule has 1 amide bonds. The monoisotopic (exact) mass is 273 g/mol. The highest BCUT2D eigenvalue weighted by Gasteiger charge is 2.11. The van der Waals surface area contributed by atoms with Gasteiger partial charge in [0.1, 0.15) is 0 Å². The van der Waals surface area contributed by atoms with Crippen molar-refractivity contribution in [3.63, 3.8) is 0 Å². The minimum Gasteiger partial charge on any atom is -0.481 e. The standard InChI is InChI=1S/C14H15N3O3/c1-9(2-5-13(18)19)17-14(20)10-3-4-11-12(8-10)16-7-6-15-11/h3-4,6-9H,2,5H2,1H3,(H,17,20)(H,18,19). The van der Waals surface area contributed by atoms with Crippen molar-refractivity contribution >= 4 is 22.9 Å². The average molecular weight is 273 g/mol. The zero-order chi connectivity index (χ0) is 14.5. The Labute approximate surface area is 115 Å². The van der Waals surface area contributed by atoms with Crippen LogP contribution in [0.25, 0.3) is 11.0 Å². The molecule has 0 spiro atoms. The Hall–Kier alpha value is -2.50. The van der Waals surface area contributed by atoms with Crippen LogP contribution in [0.1, 0.15) is 30.1 Å². The molecule has 0 radical (unpaired) electrons. The number of carbonyl (C=O) groups is 2. The van der Waals surface area contributed by atoms with Gasteiger partial charge < -0.3 is 10.4 Å². The number of hydrogen-bond acceptors (Lipinski definition) is 4. The fourth-order valence-corrected chi connectivity index (χ4v) is 1.82. The molecule has 0 aliphatic rings. The van der Waals surface area contributed by atoms with Gasteiger partial charge in [-0.05, 0) is 31.5 Å². The number of fused-ring (bicyclic) bond motifs is 1. The largest absolute Gasteiger partial charge is 0.481 e. The first-order valence-corrected chi connectivity index (χ1v) is 6.29. The van der Waals surface area contributed by atoms with Gasteiger partial charge in [0.05, 0.1) is 11.0 Å². The molecule has 1 aromatic heterocycles. The van der Waals surface area contributed by atoms with Crippen molar-refractivity contribution < 1.29 is 14.7 Å². The number of nitrogens with one attached hydrogen (secondary N) is 1. The second kappa shape index (κ2) is 6.10. The van der Waals surface area contributed by atoms with Gasteiger partial charge in [0.2, 0.25) is 0 Å². The number of amides is 1. The number of rotatable bonds is 5. The highest BCUT2D eigenvalue weighted by molar-refractivity contribution is 5.97. The molecule has 20 heavy (non-hydrogen) atoms. The Morgan fingerprint density at radius 2 is 1.95 bits per heavy atom. The van der Waals surface area contributed by atoms with E-state index in [-0.39, 0.29) is 18.4 Å². The first-order valence-electron chi connectivity index (χ1n) is 6.29.